The van der Waals surface area contributed by atoms with E-state index in [-0.39, 0.29) is 0 Å². The normalized spacial score (nSPS) is 31.9. The van der Waals surface area contributed by atoms with Crippen molar-refractivity contribution in [1.29, 1.82) is 0 Å². The van der Waals surface area contributed by atoms with Gasteiger partial charge >= 0.3 is 0 Å². The number of nitrogens with one attached hydrogen (secondary N) is 1. The molecule has 2 rings (SSSR count). The van der Waals surface area contributed by atoms with Crippen LogP contribution in [-0.4, -0.2) is 37.6 Å². The second kappa shape index (κ2) is 6.75. The molecule has 2 heteroatoms. The first-order valence-corrected chi connectivity index (χ1v) is 7.67. The van der Waals surface area contributed by atoms with Crippen molar-refractivity contribution >= 4 is 0 Å². The molecule has 0 spiro atoms. The van der Waals surface area contributed by atoms with Crippen molar-refractivity contribution in [3.8, 4) is 0 Å². The topological polar surface area (TPSA) is 15.3 Å². The van der Waals surface area contributed by atoms with Gasteiger partial charge in [0.2, 0.25) is 0 Å². The van der Waals surface area contributed by atoms with Gasteiger partial charge in [-0.2, -0.15) is 0 Å². The van der Waals surface area contributed by atoms with Crippen LogP contribution in [0.25, 0.3) is 0 Å². The lowest BCUT2D eigenvalue weighted by molar-refractivity contribution is 0.181. The Balaban J connectivity index is 1.70. The fourth-order valence-electron chi connectivity index (χ4n) is 3.58. The predicted molar refractivity (Wildman–Crippen MR) is 74.3 cm³/mol. The van der Waals surface area contributed by atoms with Gasteiger partial charge in [-0.05, 0) is 51.1 Å². The molecule has 1 N–H and O–H groups in total. The quantitative estimate of drug-likeness (QED) is 0.810. The van der Waals surface area contributed by atoms with Gasteiger partial charge in [0, 0.05) is 19.1 Å². The Morgan fingerprint density at radius 1 is 1.00 bits per heavy atom. The fourth-order valence-corrected chi connectivity index (χ4v) is 3.58. The molecule has 0 aromatic carbocycles. The summed E-state index contributed by atoms with van der Waals surface area (Å²) in [7, 11) is 2.32. The Labute approximate surface area is 107 Å². The van der Waals surface area contributed by atoms with Crippen LogP contribution in [0.2, 0.25) is 0 Å². The van der Waals surface area contributed by atoms with Crippen molar-refractivity contribution in [1.82, 2.24) is 10.2 Å². The molecule has 2 nitrogen and oxygen atoms in total. The van der Waals surface area contributed by atoms with Gasteiger partial charge in [-0.3, -0.25) is 0 Å². The third kappa shape index (κ3) is 4.26. The van der Waals surface area contributed by atoms with Crippen molar-refractivity contribution in [2.45, 2.75) is 57.9 Å². The number of rotatable bonds is 4. The number of hydrogen-bond acceptors (Lipinski definition) is 2. The van der Waals surface area contributed by atoms with Crippen molar-refractivity contribution in [2.75, 3.05) is 26.7 Å². The second-order valence-corrected chi connectivity index (χ2v) is 6.41. The van der Waals surface area contributed by atoms with Crippen LogP contribution < -0.4 is 5.32 Å². The fraction of sp³-hybridized carbons (Fsp3) is 1.00. The molecule has 0 aromatic heterocycles. The van der Waals surface area contributed by atoms with E-state index in [2.05, 4.69) is 24.2 Å². The molecule has 17 heavy (non-hydrogen) atoms. The first-order chi connectivity index (χ1) is 8.25. The summed E-state index contributed by atoms with van der Waals surface area (Å²) in [4.78, 5) is 2.58. The summed E-state index contributed by atoms with van der Waals surface area (Å²) in [5.74, 6) is 1.84. The molecule has 100 valence electrons. The minimum Gasteiger partial charge on any atom is -0.312 e. The molecule has 1 saturated heterocycles. The number of hydrogen-bond donors (Lipinski definition) is 1. The van der Waals surface area contributed by atoms with E-state index in [0.29, 0.717) is 0 Å². The van der Waals surface area contributed by atoms with E-state index in [1.807, 2.05) is 0 Å². The van der Waals surface area contributed by atoms with Crippen molar-refractivity contribution in [3.05, 3.63) is 0 Å². The highest BCUT2D eigenvalue weighted by atomic mass is 15.1. The van der Waals surface area contributed by atoms with Gasteiger partial charge in [0.15, 0.2) is 0 Å². The van der Waals surface area contributed by atoms with E-state index in [4.69, 9.17) is 0 Å². The monoisotopic (exact) mass is 238 g/mol. The van der Waals surface area contributed by atoms with Crippen LogP contribution >= 0.6 is 0 Å². The lowest BCUT2D eigenvalue weighted by Gasteiger charge is -2.35. The van der Waals surface area contributed by atoms with E-state index in [0.717, 1.165) is 17.9 Å². The summed E-state index contributed by atoms with van der Waals surface area (Å²) in [5, 5.41) is 3.70. The molecule has 1 aliphatic carbocycles. The van der Waals surface area contributed by atoms with E-state index >= 15 is 0 Å². The maximum atomic E-state index is 3.70. The highest BCUT2D eigenvalue weighted by molar-refractivity contribution is 4.81. The van der Waals surface area contributed by atoms with Gasteiger partial charge in [0.25, 0.3) is 0 Å². The van der Waals surface area contributed by atoms with Crippen LogP contribution in [0.5, 0.6) is 0 Å². The van der Waals surface area contributed by atoms with Crippen LogP contribution in [0.4, 0.5) is 0 Å². The third-order valence-corrected chi connectivity index (χ3v) is 4.73. The lowest BCUT2D eigenvalue weighted by Crippen LogP contribution is -2.47. The summed E-state index contributed by atoms with van der Waals surface area (Å²) in [6.07, 6.45) is 10.1. The Hall–Kier alpha value is -0.0800. The predicted octanol–water partition coefficient (Wildman–Crippen LogP) is 2.89. The van der Waals surface area contributed by atoms with Gasteiger partial charge in [0.1, 0.15) is 0 Å². The maximum absolute atomic E-state index is 3.70. The molecule has 1 heterocycles. The maximum Gasteiger partial charge on any atom is 0.0220 e. The van der Waals surface area contributed by atoms with Gasteiger partial charge in [-0.1, -0.05) is 26.2 Å². The summed E-state index contributed by atoms with van der Waals surface area (Å²) < 4.78 is 0. The molecule has 1 saturated carbocycles. The first kappa shape index (κ1) is 13.4. The average Bonchev–Trinajstić information content (AvgIpc) is 2.33. The second-order valence-electron chi connectivity index (χ2n) is 6.41. The molecule has 0 aromatic rings. The summed E-state index contributed by atoms with van der Waals surface area (Å²) in [6, 6.07) is 0.734. The summed E-state index contributed by atoms with van der Waals surface area (Å²) >= 11 is 0. The number of nitrogens with zero attached hydrogens (tertiary/aromatic N) is 1. The molecule has 1 aliphatic heterocycles. The Kier molecular flexibility index (Phi) is 5.30. The number of likely N-dealkylation sites (N-methyl/N-ethyl adjacent to an activating group) is 1. The van der Waals surface area contributed by atoms with E-state index in [1.54, 1.807) is 0 Å². The third-order valence-electron chi connectivity index (χ3n) is 4.73. The standard InChI is InChI=1S/C15H30N2/c1-13-7-6-10-16-15(13)12-17(2)11-14-8-4-3-5-9-14/h13-16H,3-12H2,1-2H3. The SMILES string of the molecule is CC1CCCNC1CN(C)CC1CCCCC1. The van der Waals surface area contributed by atoms with Crippen molar-refractivity contribution < 1.29 is 0 Å². The van der Waals surface area contributed by atoms with Gasteiger partial charge in [-0.15, -0.1) is 0 Å². The minimum atomic E-state index is 0.734. The van der Waals surface area contributed by atoms with E-state index in [9.17, 15) is 0 Å². The molecule has 2 atom stereocenters. The molecular formula is C15H30N2. The highest BCUT2D eigenvalue weighted by Crippen LogP contribution is 2.24. The van der Waals surface area contributed by atoms with Crippen LogP contribution in [0.1, 0.15) is 51.9 Å². The number of piperidine rings is 1. The van der Waals surface area contributed by atoms with Crippen LogP contribution in [0.3, 0.4) is 0 Å². The van der Waals surface area contributed by atoms with Crippen LogP contribution in [0.15, 0.2) is 0 Å². The summed E-state index contributed by atoms with van der Waals surface area (Å²) in [5.41, 5.74) is 0. The van der Waals surface area contributed by atoms with E-state index < -0.39 is 0 Å². The van der Waals surface area contributed by atoms with E-state index in [1.165, 1.54) is 64.6 Å². The molecular weight excluding hydrogens is 208 g/mol. The zero-order chi connectivity index (χ0) is 12.1. The molecule has 2 aliphatic rings. The van der Waals surface area contributed by atoms with Crippen molar-refractivity contribution in [2.24, 2.45) is 11.8 Å². The Bertz CT molecular complexity index is 211. The largest absolute Gasteiger partial charge is 0.312 e. The smallest absolute Gasteiger partial charge is 0.0220 e. The average molecular weight is 238 g/mol. The Morgan fingerprint density at radius 2 is 1.76 bits per heavy atom. The van der Waals surface area contributed by atoms with Crippen LogP contribution in [-0.2, 0) is 0 Å². The van der Waals surface area contributed by atoms with Gasteiger partial charge in [-0.25, -0.2) is 0 Å². The molecule has 0 amide bonds. The lowest BCUT2D eigenvalue weighted by atomic mass is 9.88. The highest BCUT2D eigenvalue weighted by Gasteiger charge is 2.23. The van der Waals surface area contributed by atoms with Gasteiger partial charge < -0.3 is 10.2 Å². The summed E-state index contributed by atoms with van der Waals surface area (Å²) in [6.45, 7) is 6.21. The zero-order valence-electron chi connectivity index (χ0n) is 11.8. The van der Waals surface area contributed by atoms with Gasteiger partial charge in [0.05, 0.1) is 0 Å². The molecule has 0 bridgehead atoms. The van der Waals surface area contributed by atoms with Crippen LogP contribution in [0, 0.1) is 11.8 Å². The Morgan fingerprint density at radius 3 is 2.47 bits per heavy atom. The molecule has 2 unspecified atom stereocenters. The zero-order valence-corrected chi connectivity index (χ0v) is 11.8. The minimum absolute atomic E-state index is 0.734. The van der Waals surface area contributed by atoms with Crippen molar-refractivity contribution in [3.63, 3.8) is 0 Å². The molecule has 2 fully saturated rings. The molecule has 0 radical (unpaired) electrons. The first-order valence-electron chi connectivity index (χ1n) is 7.67.